The predicted octanol–water partition coefficient (Wildman–Crippen LogP) is 4.57. The van der Waals surface area contributed by atoms with Gasteiger partial charge in [-0.1, -0.05) is 38.1 Å². The summed E-state index contributed by atoms with van der Waals surface area (Å²) in [6.45, 7) is 3.87. The van der Waals surface area contributed by atoms with Crippen molar-refractivity contribution in [2.24, 2.45) is 0 Å². The Morgan fingerprint density at radius 2 is 1.89 bits per heavy atom. The minimum atomic E-state index is -0.382. The third kappa shape index (κ3) is 5.36. The molecule has 1 amide bonds. The quantitative estimate of drug-likeness (QED) is 0.562. The summed E-state index contributed by atoms with van der Waals surface area (Å²) < 4.78 is 5.12. The lowest BCUT2D eigenvalue weighted by atomic mass is 10.0. The van der Waals surface area contributed by atoms with Gasteiger partial charge in [0.15, 0.2) is 6.61 Å². The highest BCUT2D eigenvalue weighted by Crippen LogP contribution is 2.27. The first kappa shape index (κ1) is 19.5. The number of carbonyl (C=O) groups excluding carboxylic acids is 2. The van der Waals surface area contributed by atoms with Crippen LogP contribution >= 0.6 is 11.8 Å². The summed E-state index contributed by atoms with van der Waals surface area (Å²) in [5.74, 6) is -0.200. The van der Waals surface area contributed by atoms with E-state index in [0.29, 0.717) is 5.92 Å². The Kier molecular flexibility index (Phi) is 6.56. The van der Waals surface area contributed by atoms with Crippen LogP contribution < -0.4 is 5.32 Å². The molecule has 0 saturated carbocycles. The molecule has 2 aromatic rings. The first-order valence-corrected chi connectivity index (χ1v) is 10.3. The Morgan fingerprint density at radius 1 is 1.11 bits per heavy atom. The number of nitrogens with one attached hydrogen (secondary N) is 1. The Balaban J connectivity index is 1.44. The molecule has 3 rings (SSSR count). The molecule has 0 spiro atoms. The van der Waals surface area contributed by atoms with Crippen molar-refractivity contribution < 1.29 is 14.3 Å². The molecule has 0 saturated heterocycles. The SMILES string of the molecule is CC(C)c1ccccc1NC(=O)COC(=O)CSc1ccc2c(c1)CCC2. The van der Waals surface area contributed by atoms with E-state index < -0.39 is 0 Å². The highest BCUT2D eigenvalue weighted by Gasteiger charge is 2.14. The maximum Gasteiger partial charge on any atom is 0.316 e. The number of fused-ring (bicyclic) bond motifs is 1. The minimum absolute atomic E-state index is 0.203. The highest BCUT2D eigenvalue weighted by atomic mass is 32.2. The molecular weight excluding hydrogens is 358 g/mol. The van der Waals surface area contributed by atoms with Crippen LogP contribution in [-0.4, -0.2) is 24.2 Å². The van der Waals surface area contributed by atoms with Crippen molar-refractivity contribution in [3.05, 3.63) is 59.2 Å². The molecule has 1 aliphatic carbocycles. The van der Waals surface area contributed by atoms with Crippen LogP contribution in [0, 0.1) is 0 Å². The van der Waals surface area contributed by atoms with Crippen molar-refractivity contribution in [3.63, 3.8) is 0 Å². The van der Waals surface area contributed by atoms with E-state index in [1.54, 1.807) is 0 Å². The summed E-state index contributed by atoms with van der Waals surface area (Å²) in [7, 11) is 0. The summed E-state index contributed by atoms with van der Waals surface area (Å²) in [6, 6.07) is 14.0. The molecule has 0 radical (unpaired) electrons. The zero-order valence-electron chi connectivity index (χ0n) is 15.8. The average molecular weight is 384 g/mol. The third-order valence-electron chi connectivity index (χ3n) is 4.65. The van der Waals surface area contributed by atoms with Gasteiger partial charge >= 0.3 is 5.97 Å². The lowest BCUT2D eigenvalue weighted by Crippen LogP contribution is -2.22. The van der Waals surface area contributed by atoms with Crippen molar-refractivity contribution in [3.8, 4) is 0 Å². The number of aryl methyl sites for hydroxylation is 2. The smallest absolute Gasteiger partial charge is 0.316 e. The minimum Gasteiger partial charge on any atom is -0.455 e. The van der Waals surface area contributed by atoms with Crippen molar-refractivity contribution >= 4 is 29.3 Å². The maximum atomic E-state index is 12.1. The van der Waals surface area contributed by atoms with Crippen molar-refractivity contribution in [2.45, 2.75) is 43.9 Å². The zero-order chi connectivity index (χ0) is 19.2. The van der Waals surface area contributed by atoms with Gasteiger partial charge in [0, 0.05) is 10.6 Å². The molecule has 0 unspecified atom stereocenters. The summed E-state index contributed by atoms with van der Waals surface area (Å²) in [6.07, 6.45) is 3.48. The molecule has 27 heavy (non-hydrogen) atoms. The molecule has 142 valence electrons. The normalized spacial score (nSPS) is 12.7. The lowest BCUT2D eigenvalue weighted by molar-refractivity contribution is -0.144. The number of anilines is 1. The van der Waals surface area contributed by atoms with E-state index in [1.165, 1.54) is 29.3 Å². The molecule has 0 bridgehead atoms. The van der Waals surface area contributed by atoms with E-state index in [2.05, 4.69) is 37.4 Å². The standard InChI is InChI=1S/C22H25NO3S/c1-15(2)19-8-3-4-9-20(19)23-21(24)13-26-22(25)14-27-18-11-10-16-6-5-7-17(16)12-18/h3-4,8-12,15H,5-7,13-14H2,1-2H3,(H,23,24). The van der Waals surface area contributed by atoms with Crippen LogP contribution in [-0.2, 0) is 27.2 Å². The average Bonchev–Trinajstić information content (AvgIpc) is 3.12. The third-order valence-corrected chi connectivity index (χ3v) is 5.62. The van der Waals surface area contributed by atoms with Gasteiger partial charge in [-0.2, -0.15) is 0 Å². The Labute approximate surface area is 164 Å². The van der Waals surface area contributed by atoms with Crippen molar-refractivity contribution in [1.29, 1.82) is 0 Å². The van der Waals surface area contributed by atoms with E-state index in [9.17, 15) is 9.59 Å². The Bertz CT molecular complexity index is 832. The molecule has 0 aromatic heterocycles. The molecule has 4 nitrogen and oxygen atoms in total. The Hall–Kier alpha value is -2.27. The van der Waals surface area contributed by atoms with Gasteiger partial charge < -0.3 is 10.1 Å². The largest absolute Gasteiger partial charge is 0.455 e. The predicted molar refractivity (Wildman–Crippen MR) is 109 cm³/mol. The maximum absolute atomic E-state index is 12.1. The summed E-state index contributed by atoms with van der Waals surface area (Å²) in [5.41, 5.74) is 4.63. The second kappa shape index (κ2) is 9.09. The van der Waals surface area contributed by atoms with Gasteiger partial charge in [-0.05, 0) is 60.1 Å². The van der Waals surface area contributed by atoms with Crippen LogP contribution in [0.15, 0.2) is 47.4 Å². The molecule has 0 atom stereocenters. The summed E-state index contributed by atoms with van der Waals surface area (Å²) in [5, 5.41) is 2.83. The number of thioether (sulfide) groups is 1. The van der Waals surface area contributed by atoms with E-state index in [4.69, 9.17) is 4.74 Å². The second-order valence-corrected chi connectivity index (χ2v) is 8.07. The number of benzene rings is 2. The van der Waals surface area contributed by atoms with E-state index in [0.717, 1.165) is 29.0 Å². The van der Waals surface area contributed by atoms with Gasteiger partial charge in [0.25, 0.3) is 5.91 Å². The number of rotatable bonds is 7. The van der Waals surface area contributed by atoms with Gasteiger partial charge in [-0.3, -0.25) is 9.59 Å². The summed E-state index contributed by atoms with van der Waals surface area (Å²) in [4.78, 5) is 25.1. The van der Waals surface area contributed by atoms with E-state index in [-0.39, 0.29) is 24.2 Å². The molecule has 1 aliphatic rings. The number of ether oxygens (including phenoxy) is 1. The van der Waals surface area contributed by atoms with E-state index >= 15 is 0 Å². The van der Waals surface area contributed by atoms with Crippen LogP contribution in [0.1, 0.15) is 42.9 Å². The topological polar surface area (TPSA) is 55.4 Å². The molecule has 0 heterocycles. The van der Waals surface area contributed by atoms with Crippen molar-refractivity contribution in [1.82, 2.24) is 0 Å². The zero-order valence-corrected chi connectivity index (χ0v) is 16.6. The Morgan fingerprint density at radius 3 is 2.70 bits per heavy atom. The van der Waals surface area contributed by atoms with Crippen LogP contribution in [0.5, 0.6) is 0 Å². The van der Waals surface area contributed by atoms with Crippen LogP contribution in [0.4, 0.5) is 5.69 Å². The van der Waals surface area contributed by atoms with Gasteiger partial charge in [0.1, 0.15) is 0 Å². The van der Waals surface area contributed by atoms with E-state index in [1.807, 2.05) is 24.3 Å². The molecule has 5 heteroatoms. The van der Waals surface area contributed by atoms with Crippen LogP contribution in [0.25, 0.3) is 0 Å². The number of carbonyl (C=O) groups is 2. The number of esters is 1. The first-order valence-electron chi connectivity index (χ1n) is 9.32. The second-order valence-electron chi connectivity index (χ2n) is 7.02. The summed E-state index contributed by atoms with van der Waals surface area (Å²) >= 11 is 1.45. The number of hydrogen-bond donors (Lipinski definition) is 1. The van der Waals surface area contributed by atoms with Gasteiger partial charge in [-0.25, -0.2) is 0 Å². The molecule has 0 fully saturated rings. The van der Waals surface area contributed by atoms with Gasteiger partial charge in [0.2, 0.25) is 0 Å². The fourth-order valence-corrected chi connectivity index (χ4v) is 4.03. The fourth-order valence-electron chi connectivity index (χ4n) is 3.27. The lowest BCUT2D eigenvalue weighted by Gasteiger charge is -2.13. The monoisotopic (exact) mass is 383 g/mol. The van der Waals surface area contributed by atoms with Gasteiger partial charge in [0.05, 0.1) is 5.75 Å². The molecule has 2 aromatic carbocycles. The fraction of sp³-hybridized carbons (Fsp3) is 0.364. The molecule has 1 N–H and O–H groups in total. The number of para-hydroxylation sites is 1. The highest BCUT2D eigenvalue weighted by molar-refractivity contribution is 8.00. The van der Waals surface area contributed by atoms with Crippen molar-refractivity contribution in [2.75, 3.05) is 17.7 Å². The number of hydrogen-bond acceptors (Lipinski definition) is 4. The molecule has 0 aliphatic heterocycles. The van der Waals surface area contributed by atoms with Gasteiger partial charge in [-0.15, -0.1) is 11.8 Å². The first-order chi connectivity index (χ1) is 13.0. The number of amides is 1. The van der Waals surface area contributed by atoms with Crippen LogP contribution in [0.2, 0.25) is 0 Å². The molecular formula is C22H25NO3S. The van der Waals surface area contributed by atoms with Crippen LogP contribution in [0.3, 0.4) is 0 Å².